The van der Waals surface area contributed by atoms with Crippen molar-refractivity contribution in [3.8, 4) is 0 Å². The molecule has 1 saturated heterocycles. The topological polar surface area (TPSA) is 148 Å². The number of likely N-dealkylation sites (N-methyl/N-ethyl adjacent to an activating group) is 1. The lowest BCUT2D eigenvalue weighted by Gasteiger charge is -2.16. The van der Waals surface area contributed by atoms with E-state index in [4.69, 9.17) is 10.5 Å². The molecule has 5 N–H and O–H groups in total. The molecule has 0 aromatic carbocycles. The van der Waals surface area contributed by atoms with E-state index in [-0.39, 0.29) is 5.82 Å². The van der Waals surface area contributed by atoms with Gasteiger partial charge in [-0.1, -0.05) is 0 Å². The van der Waals surface area contributed by atoms with Gasteiger partial charge in [-0.15, -0.1) is 0 Å². The van der Waals surface area contributed by atoms with E-state index < -0.39 is 30.4 Å². The molecule has 0 radical (unpaired) electrons. The maximum atomic E-state index is 11.9. The normalized spacial score (nSPS) is 28.1. The first-order chi connectivity index (χ1) is 10.5. The fourth-order valence-electron chi connectivity index (χ4n) is 2.44. The predicted molar refractivity (Wildman–Crippen MR) is 74.3 cm³/mol. The highest BCUT2D eigenvalue weighted by molar-refractivity contribution is 5.82. The summed E-state index contributed by atoms with van der Waals surface area (Å²) in [6, 6.07) is 0. The Labute approximate surface area is 124 Å². The van der Waals surface area contributed by atoms with Crippen molar-refractivity contribution in [2.24, 2.45) is 0 Å². The average molecular weight is 308 g/mol. The molecule has 1 aliphatic rings. The molecule has 0 saturated carbocycles. The third-order valence-corrected chi connectivity index (χ3v) is 3.51. The van der Waals surface area contributed by atoms with Gasteiger partial charge >= 0.3 is 0 Å². The van der Waals surface area contributed by atoms with E-state index in [0.717, 1.165) is 0 Å². The summed E-state index contributed by atoms with van der Waals surface area (Å²) in [6.07, 6.45) is -2.20. The number of nitrogens with one attached hydrogen (secondary N) is 1. The van der Waals surface area contributed by atoms with Crippen LogP contribution in [0.15, 0.2) is 12.7 Å². The van der Waals surface area contributed by atoms with Crippen molar-refractivity contribution in [2.45, 2.75) is 31.5 Å². The minimum Gasteiger partial charge on any atom is -0.387 e. The van der Waals surface area contributed by atoms with Gasteiger partial charge in [-0.3, -0.25) is 9.36 Å². The number of fused-ring (bicyclic) bond motifs is 1. The minimum absolute atomic E-state index is 0.192. The largest absolute Gasteiger partial charge is 0.387 e. The molecule has 22 heavy (non-hydrogen) atoms. The van der Waals surface area contributed by atoms with Crippen LogP contribution in [0.2, 0.25) is 0 Å². The second kappa shape index (κ2) is 5.48. The van der Waals surface area contributed by atoms with Gasteiger partial charge < -0.3 is 26.0 Å². The van der Waals surface area contributed by atoms with Crippen molar-refractivity contribution in [1.29, 1.82) is 0 Å². The van der Waals surface area contributed by atoms with Crippen LogP contribution in [0, 0.1) is 0 Å². The fourth-order valence-corrected chi connectivity index (χ4v) is 2.44. The zero-order valence-electron chi connectivity index (χ0n) is 11.7. The number of ether oxygens (including phenoxy) is 1. The highest BCUT2D eigenvalue weighted by Crippen LogP contribution is 2.31. The molecule has 2 aromatic rings. The summed E-state index contributed by atoms with van der Waals surface area (Å²) >= 11 is 0. The molecule has 0 unspecified atom stereocenters. The number of nitrogen functional groups attached to an aromatic ring is 1. The number of nitrogens with zero attached hydrogens (tertiary/aromatic N) is 4. The summed E-state index contributed by atoms with van der Waals surface area (Å²) in [5.74, 6) is -0.299. The lowest BCUT2D eigenvalue weighted by Crippen LogP contribution is -2.42. The van der Waals surface area contributed by atoms with Crippen LogP contribution >= 0.6 is 0 Å². The van der Waals surface area contributed by atoms with Crippen molar-refractivity contribution in [3.63, 3.8) is 0 Å². The lowest BCUT2D eigenvalue weighted by molar-refractivity contribution is -0.137. The van der Waals surface area contributed by atoms with Crippen LogP contribution < -0.4 is 11.1 Å². The van der Waals surface area contributed by atoms with Crippen molar-refractivity contribution in [3.05, 3.63) is 12.7 Å². The molecule has 3 heterocycles. The molecular formula is C12H16N6O4. The summed E-state index contributed by atoms with van der Waals surface area (Å²) in [5.41, 5.74) is 6.40. The number of aliphatic hydroxyl groups is 2. The molecule has 10 nitrogen and oxygen atoms in total. The average Bonchev–Trinajstić information content (AvgIpc) is 3.03. The molecule has 0 spiro atoms. The van der Waals surface area contributed by atoms with Crippen LogP contribution in [0.5, 0.6) is 0 Å². The Hall–Kier alpha value is -2.30. The summed E-state index contributed by atoms with van der Waals surface area (Å²) < 4.78 is 6.92. The second-order valence-corrected chi connectivity index (χ2v) is 4.91. The van der Waals surface area contributed by atoms with E-state index in [0.29, 0.717) is 17.7 Å². The Kier molecular flexibility index (Phi) is 3.64. The maximum absolute atomic E-state index is 11.9. The Morgan fingerprint density at radius 2 is 2.18 bits per heavy atom. The van der Waals surface area contributed by atoms with E-state index in [9.17, 15) is 15.0 Å². The smallest absolute Gasteiger partial charge is 0.252 e. The summed E-state index contributed by atoms with van der Waals surface area (Å²) in [6.45, 7) is 2.14. The molecule has 1 amide bonds. The van der Waals surface area contributed by atoms with Crippen LogP contribution in [-0.4, -0.2) is 60.5 Å². The summed E-state index contributed by atoms with van der Waals surface area (Å²) in [4.78, 5) is 23.8. The third kappa shape index (κ3) is 2.17. The first-order valence-corrected chi connectivity index (χ1v) is 6.77. The molecule has 3 rings (SSSR count). The zero-order valence-corrected chi connectivity index (χ0v) is 11.7. The van der Waals surface area contributed by atoms with Gasteiger partial charge in [-0.2, -0.15) is 0 Å². The monoisotopic (exact) mass is 308 g/mol. The molecule has 10 heteroatoms. The van der Waals surface area contributed by atoms with Gasteiger partial charge in [0.25, 0.3) is 5.91 Å². The van der Waals surface area contributed by atoms with Gasteiger partial charge in [0.1, 0.15) is 24.1 Å². The van der Waals surface area contributed by atoms with Gasteiger partial charge in [0, 0.05) is 6.54 Å². The number of hydrogen-bond donors (Lipinski definition) is 4. The summed E-state index contributed by atoms with van der Waals surface area (Å²) in [7, 11) is 0. The number of aliphatic hydroxyl groups excluding tert-OH is 2. The van der Waals surface area contributed by atoms with E-state index in [2.05, 4.69) is 20.3 Å². The molecule has 4 atom stereocenters. The number of amides is 1. The maximum Gasteiger partial charge on any atom is 0.252 e. The summed E-state index contributed by atoms with van der Waals surface area (Å²) in [5, 5.41) is 22.7. The molecule has 2 aromatic heterocycles. The fraction of sp³-hybridized carbons (Fsp3) is 0.500. The van der Waals surface area contributed by atoms with Gasteiger partial charge in [-0.05, 0) is 6.92 Å². The highest BCUT2D eigenvalue weighted by atomic mass is 16.6. The standard InChI is InChI=1S/C12H16N6O4/c1-2-14-11(21)8-6(19)7(20)12(22-8)18-4-17-5-9(13)15-3-16-10(5)18/h3-4,6-8,12,19-20H,2H2,1H3,(H,14,21)(H2,13,15,16)/t6-,7-,8+,12+/m0/s1. The van der Waals surface area contributed by atoms with Gasteiger partial charge in [0.2, 0.25) is 0 Å². The Bertz CT molecular complexity index is 704. The van der Waals surface area contributed by atoms with E-state index >= 15 is 0 Å². The first-order valence-electron chi connectivity index (χ1n) is 6.77. The minimum atomic E-state index is -1.35. The molecular weight excluding hydrogens is 292 g/mol. The van der Waals surface area contributed by atoms with Crippen molar-refractivity contribution in [2.75, 3.05) is 12.3 Å². The number of hydrogen-bond acceptors (Lipinski definition) is 8. The quantitative estimate of drug-likeness (QED) is 0.517. The second-order valence-electron chi connectivity index (χ2n) is 4.91. The third-order valence-electron chi connectivity index (χ3n) is 3.51. The number of anilines is 1. The Balaban J connectivity index is 1.94. The SMILES string of the molecule is CCNC(=O)[C@@H]1O[C@@H](n2cnc3c(N)ncnc32)[C@@H](O)[C@@H]1O. The van der Waals surface area contributed by atoms with E-state index in [1.165, 1.54) is 17.2 Å². The Morgan fingerprint density at radius 3 is 2.91 bits per heavy atom. The first kappa shape index (κ1) is 14.6. The van der Waals surface area contributed by atoms with Crippen molar-refractivity contribution in [1.82, 2.24) is 24.8 Å². The van der Waals surface area contributed by atoms with Crippen LogP contribution in [-0.2, 0) is 9.53 Å². The zero-order chi connectivity index (χ0) is 15.9. The number of rotatable bonds is 3. The molecule has 1 aliphatic heterocycles. The van der Waals surface area contributed by atoms with E-state index in [1.807, 2.05) is 0 Å². The van der Waals surface area contributed by atoms with Crippen molar-refractivity contribution >= 4 is 22.9 Å². The van der Waals surface area contributed by atoms with Gasteiger partial charge in [-0.25, -0.2) is 15.0 Å². The molecule has 1 fully saturated rings. The predicted octanol–water partition coefficient (Wildman–Crippen LogP) is -1.84. The van der Waals surface area contributed by atoms with Crippen molar-refractivity contribution < 1.29 is 19.7 Å². The van der Waals surface area contributed by atoms with Crippen LogP contribution in [0.4, 0.5) is 5.82 Å². The molecule has 0 aliphatic carbocycles. The highest BCUT2D eigenvalue weighted by Gasteiger charge is 2.47. The van der Waals surface area contributed by atoms with Crippen LogP contribution in [0.1, 0.15) is 13.2 Å². The van der Waals surface area contributed by atoms with Gasteiger partial charge in [0.05, 0.1) is 6.33 Å². The van der Waals surface area contributed by atoms with E-state index in [1.54, 1.807) is 6.92 Å². The number of aromatic nitrogens is 4. The number of nitrogens with two attached hydrogens (primary N) is 1. The number of carbonyl (C=O) groups excluding carboxylic acids is 1. The molecule has 0 bridgehead atoms. The molecule has 118 valence electrons. The Morgan fingerprint density at radius 1 is 1.41 bits per heavy atom. The lowest BCUT2D eigenvalue weighted by atomic mass is 10.1. The van der Waals surface area contributed by atoms with Gasteiger partial charge in [0.15, 0.2) is 23.8 Å². The number of imidazole rings is 1. The van der Waals surface area contributed by atoms with Crippen LogP contribution in [0.25, 0.3) is 11.2 Å². The van der Waals surface area contributed by atoms with Crippen LogP contribution in [0.3, 0.4) is 0 Å². The number of carbonyl (C=O) groups is 1.